The van der Waals surface area contributed by atoms with Crippen LogP contribution in [0.4, 0.5) is 0 Å². The molecule has 0 unspecified atom stereocenters. The van der Waals surface area contributed by atoms with Crippen molar-refractivity contribution in [1.82, 2.24) is 10.2 Å². The molecule has 1 aromatic rings. The topological polar surface area (TPSA) is 65.7 Å². The standard InChI is InChI=1S/C15H22N2O3/c18-15(19)14-4-3-13(20-14)10-17-7-5-12(6-8-17)16-9-11-1-2-11/h3-4,11-12,16H,1-2,5-10H2,(H,18,19). The van der Waals surface area contributed by atoms with Gasteiger partial charge in [0.25, 0.3) is 0 Å². The number of aromatic carboxylic acids is 1. The Balaban J connectivity index is 1.41. The minimum Gasteiger partial charge on any atom is -0.475 e. The van der Waals surface area contributed by atoms with Crippen LogP contribution in [0.25, 0.3) is 0 Å². The van der Waals surface area contributed by atoms with Gasteiger partial charge in [-0.3, -0.25) is 4.90 Å². The van der Waals surface area contributed by atoms with Crippen LogP contribution >= 0.6 is 0 Å². The summed E-state index contributed by atoms with van der Waals surface area (Å²) in [5.41, 5.74) is 0. The molecule has 5 heteroatoms. The van der Waals surface area contributed by atoms with Gasteiger partial charge < -0.3 is 14.8 Å². The lowest BCUT2D eigenvalue weighted by Crippen LogP contribution is -2.42. The number of hydrogen-bond donors (Lipinski definition) is 2. The summed E-state index contributed by atoms with van der Waals surface area (Å²) >= 11 is 0. The summed E-state index contributed by atoms with van der Waals surface area (Å²) in [5.74, 6) is 0.706. The van der Waals surface area contributed by atoms with E-state index < -0.39 is 5.97 Å². The number of carboxylic acid groups (broad SMARTS) is 1. The van der Waals surface area contributed by atoms with E-state index >= 15 is 0 Å². The Labute approximate surface area is 118 Å². The first-order valence-corrected chi connectivity index (χ1v) is 7.48. The van der Waals surface area contributed by atoms with E-state index in [4.69, 9.17) is 9.52 Å². The number of carboxylic acids is 1. The lowest BCUT2D eigenvalue weighted by Gasteiger charge is -2.31. The molecule has 0 atom stereocenters. The van der Waals surface area contributed by atoms with Crippen LogP contribution in [0, 0.1) is 5.92 Å². The Hall–Kier alpha value is -1.33. The maximum Gasteiger partial charge on any atom is 0.371 e. The molecule has 2 N–H and O–H groups in total. The Kier molecular flexibility index (Phi) is 4.08. The minimum absolute atomic E-state index is 0.0287. The van der Waals surface area contributed by atoms with E-state index in [1.165, 1.54) is 38.3 Å². The average molecular weight is 278 g/mol. The lowest BCUT2D eigenvalue weighted by molar-refractivity contribution is 0.0657. The monoisotopic (exact) mass is 278 g/mol. The normalized spacial score (nSPS) is 21.2. The number of nitrogens with one attached hydrogen (secondary N) is 1. The molecule has 1 saturated heterocycles. The third-order valence-electron chi connectivity index (χ3n) is 4.23. The summed E-state index contributed by atoms with van der Waals surface area (Å²) in [6.45, 7) is 3.99. The van der Waals surface area contributed by atoms with Crippen LogP contribution < -0.4 is 5.32 Å². The molecule has 1 aromatic heterocycles. The van der Waals surface area contributed by atoms with E-state index in [2.05, 4.69) is 10.2 Å². The van der Waals surface area contributed by atoms with Gasteiger partial charge in [0, 0.05) is 19.1 Å². The number of piperidine rings is 1. The summed E-state index contributed by atoms with van der Waals surface area (Å²) < 4.78 is 5.31. The summed E-state index contributed by atoms with van der Waals surface area (Å²) in [5, 5.41) is 12.5. The van der Waals surface area contributed by atoms with Crippen LogP contribution in [0.5, 0.6) is 0 Å². The van der Waals surface area contributed by atoms with E-state index in [0.29, 0.717) is 12.6 Å². The Morgan fingerprint density at radius 1 is 1.30 bits per heavy atom. The minimum atomic E-state index is -1.00. The molecule has 20 heavy (non-hydrogen) atoms. The zero-order chi connectivity index (χ0) is 13.9. The van der Waals surface area contributed by atoms with E-state index in [1.807, 2.05) is 0 Å². The third-order valence-corrected chi connectivity index (χ3v) is 4.23. The van der Waals surface area contributed by atoms with E-state index in [9.17, 15) is 4.79 Å². The Bertz CT molecular complexity index is 459. The highest BCUT2D eigenvalue weighted by molar-refractivity contribution is 5.84. The van der Waals surface area contributed by atoms with Crippen molar-refractivity contribution in [3.8, 4) is 0 Å². The highest BCUT2D eigenvalue weighted by atomic mass is 16.4. The predicted molar refractivity (Wildman–Crippen MR) is 74.7 cm³/mol. The van der Waals surface area contributed by atoms with Gasteiger partial charge in [0.15, 0.2) is 0 Å². The summed E-state index contributed by atoms with van der Waals surface area (Å²) in [6.07, 6.45) is 5.13. The summed E-state index contributed by atoms with van der Waals surface area (Å²) in [6, 6.07) is 3.95. The molecule has 0 amide bonds. The average Bonchev–Trinajstić information content (AvgIpc) is 3.15. The van der Waals surface area contributed by atoms with Gasteiger partial charge >= 0.3 is 5.97 Å². The highest BCUT2D eigenvalue weighted by Crippen LogP contribution is 2.28. The molecular weight excluding hydrogens is 256 g/mol. The maximum atomic E-state index is 10.8. The van der Waals surface area contributed by atoms with Crippen molar-refractivity contribution in [3.63, 3.8) is 0 Å². The maximum absolute atomic E-state index is 10.8. The summed E-state index contributed by atoms with van der Waals surface area (Å²) in [4.78, 5) is 13.1. The van der Waals surface area contributed by atoms with Crippen molar-refractivity contribution < 1.29 is 14.3 Å². The van der Waals surface area contributed by atoms with E-state index in [-0.39, 0.29) is 5.76 Å². The van der Waals surface area contributed by atoms with Crippen LogP contribution in [-0.2, 0) is 6.54 Å². The highest BCUT2D eigenvalue weighted by Gasteiger charge is 2.24. The van der Waals surface area contributed by atoms with Gasteiger partial charge in [-0.05, 0) is 50.3 Å². The molecule has 0 radical (unpaired) electrons. The first kappa shape index (κ1) is 13.6. The van der Waals surface area contributed by atoms with Crippen LogP contribution in [-0.4, -0.2) is 41.7 Å². The smallest absolute Gasteiger partial charge is 0.371 e. The van der Waals surface area contributed by atoms with Gasteiger partial charge in [-0.15, -0.1) is 0 Å². The first-order chi connectivity index (χ1) is 9.70. The molecule has 3 rings (SSSR count). The molecular formula is C15H22N2O3. The van der Waals surface area contributed by atoms with Gasteiger partial charge in [0.2, 0.25) is 5.76 Å². The molecule has 110 valence electrons. The zero-order valence-corrected chi connectivity index (χ0v) is 11.7. The first-order valence-electron chi connectivity index (χ1n) is 7.48. The van der Waals surface area contributed by atoms with E-state index in [0.717, 1.165) is 24.8 Å². The number of likely N-dealkylation sites (tertiary alicyclic amines) is 1. The molecule has 0 spiro atoms. The SMILES string of the molecule is O=C(O)c1ccc(CN2CCC(NCC3CC3)CC2)o1. The molecule has 2 fully saturated rings. The van der Waals surface area contributed by atoms with Crippen LogP contribution in [0.3, 0.4) is 0 Å². The van der Waals surface area contributed by atoms with E-state index in [1.54, 1.807) is 6.07 Å². The largest absolute Gasteiger partial charge is 0.475 e. The molecule has 1 aliphatic carbocycles. The Morgan fingerprint density at radius 3 is 2.65 bits per heavy atom. The number of carbonyl (C=O) groups is 1. The summed E-state index contributed by atoms with van der Waals surface area (Å²) in [7, 11) is 0. The van der Waals surface area contributed by atoms with Gasteiger partial charge in [-0.25, -0.2) is 4.79 Å². The van der Waals surface area contributed by atoms with Crippen LogP contribution in [0.15, 0.2) is 16.5 Å². The molecule has 2 aliphatic rings. The second kappa shape index (κ2) is 5.97. The van der Waals surface area contributed by atoms with Crippen molar-refractivity contribution in [1.29, 1.82) is 0 Å². The van der Waals surface area contributed by atoms with Crippen molar-refractivity contribution >= 4 is 5.97 Å². The predicted octanol–water partition coefficient (Wildman–Crippen LogP) is 1.94. The fourth-order valence-electron chi connectivity index (χ4n) is 2.75. The van der Waals surface area contributed by atoms with Crippen molar-refractivity contribution in [3.05, 3.63) is 23.7 Å². The van der Waals surface area contributed by atoms with Crippen molar-refractivity contribution in [2.45, 2.75) is 38.3 Å². The number of furan rings is 1. The van der Waals surface area contributed by atoms with Gasteiger partial charge in [-0.1, -0.05) is 0 Å². The zero-order valence-electron chi connectivity index (χ0n) is 11.7. The van der Waals surface area contributed by atoms with Gasteiger partial charge in [-0.2, -0.15) is 0 Å². The second-order valence-corrected chi connectivity index (χ2v) is 5.97. The quantitative estimate of drug-likeness (QED) is 0.832. The van der Waals surface area contributed by atoms with Crippen molar-refractivity contribution in [2.24, 2.45) is 5.92 Å². The molecule has 2 heterocycles. The number of rotatable bonds is 6. The van der Waals surface area contributed by atoms with Crippen molar-refractivity contribution in [2.75, 3.05) is 19.6 Å². The van der Waals surface area contributed by atoms with Gasteiger partial charge in [0.1, 0.15) is 5.76 Å². The fourth-order valence-corrected chi connectivity index (χ4v) is 2.75. The second-order valence-electron chi connectivity index (χ2n) is 5.97. The lowest BCUT2D eigenvalue weighted by atomic mass is 10.0. The molecule has 1 saturated carbocycles. The third kappa shape index (κ3) is 3.61. The molecule has 5 nitrogen and oxygen atoms in total. The molecule has 0 aromatic carbocycles. The number of hydrogen-bond acceptors (Lipinski definition) is 4. The Morgan fingerprint density at radius 2 is 2.05 bits per heavy atom. The van der Waals surface area contributed by atoms with Crippen LogP contribution in [0.1, 0.15) is 42.0 Å². The fraction of sp³-hybridized carbons (Fsp3) is 0.667. The molecule has 0 bridgehead atoms. The van der Waals surface area contributed by atoms with Crippen LogP contribution in [0.2, 0.25) is 0 Å². The van der Waals surface area contributed by atoms with Gasteiger partial charge in [0.05, 0.1) is 6.54 Å². The molecule has 1 aliphatic heterocycles. The number of nitrogens with zero attached hydrogens (tertiary/aromatic N) is 1.